The summed E-state index contributed by atoms with van der Waals surface area (Å²) in [4.78, 5) is 40.9. The van der Waals surface area contributed by atoms with Gasteiger partial charge in [-0.15, -0.1) is 0 Å². The molecule has 2 saturated heterocycles. The average Bonchev–Trinajstić information content (AvgIpc) is 3.76. The molecular weight excluding hydrogens is 554 g/mol. The molecule has 0 unspecified atom stereocenters. The quantitative estimate of drug-likeness (QED) is 0.246. The first kappa shape index (κ1) is 29.8. The molecule has 2 N–H and O–H groups in total. The fraction of sp³-hybridized carbons (Fsp3) is 0.457. The van der Waals surface area contributed by atoms with Gasteiger partial charge in [0.1, 0.15) is 17.0 Å². The van der Waals surface area contributed by atoms with Crippen LogP contribution >= 0.6 is 0 Å². The van der Waals surface area contributed by atoms with Gasteiger partial charge in [-0.3, -0.25) is 9.80 Å². The van der Waals surface area contributed by atoms with Crippen molar-refractivity contribution in [2.45, 2.75) is 90.5 Å². The number of aromatic amines is 2. The number of carbonyl (C=O) groups is 2. The zero-order valence-corrected chi connectivity index (χ0v) is 26.6. The van der Waals surface area contributed by atoms with Crippen LogP contribution in [0.2, 0.25) is 0 Å². The van der Waals surface area contributed by atoms with Gasteiger partial charge >= 0.3 is 12.2 Å². The van der Waals surface area contributed by atoms with Crippen molar-refractivity contribution in [3.05, 3.63) is 66.2 Å². The number of rotatable bonds is 4. The maximum atomic E-state index is 12.8. The van der Waals surface area contributed by atoms with E-state index >= 15 is 0 Å². The number of benzene rings is 2. The van der Waals surface area contributed by atoms with Crippen molar-refractivity contribution in [3.8, 4) is 22.4 Å². The van der Waals surface area contributed by atoms with Gasteiger partial charge in [-0.2, -0.15) is 0 Å². The molecule has 2 aromatic heterocycles. The first-order chi connectivity index (χ1) is 20.8. The van der Waals surface area contributed by atoms with E-state index in [2.05, 4.69) is 63.5 Å². The van der Waals surface area contributed by atoms with Crippen LogP contribution in [-0.2, 0) is 9.47 Å². The number of hydrogen-bond donors (Lipinski definition) is 2. The Labute approximate surface area is 258 Å². The largest absolute Gasteiger partial charge is 0.444 e. The topological polar surface area (TPSA) is 104 Å². The number of hydrogen-bond acceptors (Lipinski definition) is 5. The van der Waals surface area contributed by atoms with E-state index in [1.54, 1.807) is 4.90 Å². The summed E-state index contributed by atoms with van der Waals surface area (Å²) in [6.07, 6.45) is 4.93. The molecule has 0 bridgehead atoms. The highest BCUT2D eigenvalue weighted by Crippen LogP contribution is 2.36. The Balaban J connectivity index is 1.17. The second-order valence-electron chi connectivity index (χ2n) is 13.9. The molecular formula is C35H43N5O4. The molecule has 44 heavy (non-hydrogen) atoms. The third-order valence-electron chi connectivity index (χ3n) is 8.20. The average molecular weight is 598 g/mol. The summed E-state index contributed by atoms with van der Waals surface area (Å²) >= 11 is 0. The Morgan fingerprint density at radius 1 is 0.750 bits per heavy atom. The fourth-order valence-electron chi connectivity index (χ4n) is 6.23. The lowest BCUT2D eigenvalue weighted by Gasteiger charge is -2.28. The number of likely N-dealkylation sites (tertiary alicyclic amines) is 2. The Bertz CT molecular complexity index is 1660. The highest BCUT2D eigenvalue weighted by molar-refractivity contribution is 5.86. The third kappa shape index (κ3) is 6.32. The standard InChI is InChI=1S/C35H43N5O4/c1-34(2,3)43-32(41)39-17-7-9-29(39)27-20-25-19-24(15-16-26(25)37-27)22-11-13-23(14-12-22)28-21-36-31(38-28)30-10-8-18-40(30)33(42)44-35(4,5)6/h11-16,19-21,29-30,37H,7-10,17-18H2,1-6H3,(H,36,38)/t29-,30-/m0/s1. The minimum absolute atomic E-state index is 0.0141. The van der Waals surface area contributed by atoms with Crippen LogP contribution in [0.25, 0.3) is 33.3 Å². The summed E-state index contributed by atoms with van der Waals surface area (Å²) in [7, 11) is 0. The van der Waals surface area contributed by atoms with Crippen molar-refractivity contribution >= 4 is 23.1 Å². The Kier molecular flexibility index (Phi) is 7.68. The molecule has 0 radical (unpaired) electrons. The van der Waals surface area contributed by atoms with Crippen molar-refractivity contribution in [1.29, 1.82) is 0 Å². The summed E-state index contributed by atoms with van der Waals surface area (Å²) < 4.78 is 11.3. The first-order valence-corrected chi connectivity index (χ1v) is 15.6. The van der Waals surface area contributed by atoms with Crippen LogP contribution in [0.15, 0.2) is 54.7 Å². The van der Waals surface area contributed by atoms with Gasteiger partial charge in [-0.1, -0.05) is 30.3 Å². The molecule has 9 heteroatoms. The zero-order chi connectivity index (χ0) is 31.2. The van der Waals surface area contributed by atoms with E-state index in [4.69, 9.17) is 9.47 Å². The van der Waals surface area contributed by atoms with Crippen molar-refractivity contribution < 1.29 is 19.1 Å². The molecule has 0 saturated carbocycles. The number of nitrogens with zero attached hydrogens (tertiary/aromatic N) is 3. The van der Waals surface area contributed by atoms with Crippen LogP contribution < -0.4 is 0 Å². The summed E-state index contributed by atoms with van der Waals surface area (Å²) in [6, 6.07) is 16.9. The minimum Gasteiger partial charge on any atom is -0.444 e. The van der Waals surface area contributed by atoms with E-state index in [1.165, 1.54) is 0 Å². The lowest BCUT2D eigenvalue weighted by Crippen LogP contribution is -2.36. The normalized spacial score (nSPS) is 19.1. The Hall–Kier alpha value is -4.27. The fourth-order valence-corrected chi connectivity index (χ4v) is 6.23. The molecule has 2 aliphatic heterocycles. The number of fused-ring (bicyclic) bond motifs is 1. The van der Waals surface area contributed by atoms with Crippen molar-refractivity contribution in [3.63, 3.8) is 0 Å². The maximum absolute atomic E-state index is 12.8. The second-order valence-corrected chi connectivity index (χ2v) is 13.9. The predicted molar refractivity (Wildman–Crippen MR) is 171 cm³/mol. The van der Waals surface area contributed by atoms with Gasteiger partial charge < -0.3 is 19.4 Å². The molecule has 6 rings (SSSR count). The molecule has 0 spiro atoms. The third-order valence-corrected chi connectivity index (χ3v) is 8.20. The van der Waals surface area contributed by atoms with Gasteiger partial charge in [0.05, 0.1) is 24.0 Å². The maximum Gasteiger partial charge on any atom is 0.410 e. The minimum atomic E-state index is -0.535. The van der Waals surface area contributed by atoms with Crippen LogP contribution in [0, 0.1) is 0 Å². The van der Waals surface area contributed by atoms with Crippen LogP contribution in [-0.4, -0.2) is 61.2 Å². The molecule has 4 aromatic rings. The van der Waals surface area contributed by atoms with Gasteiger partial charge in [0.25, 0.3) is 0 Å². The monoisotopic (exact) mass is 597 g/mol. The van der Waals surface area contributed by atoms with Crippen LogP contribution in [0.5, 0.6) is 0 Å². The van der Waals surface area contributed by atoms with Gasteiger partial charge in [-0.25, -0.2) is 14.6 Å². The number of H-pyrrole nitrogens is 2. The van der Waals surface area contributed by atoms with Gasteiger partial charge in [-0.05, 0) is 102 Å². The Morgan fingerprint density at radius 2 is 1.32 bits per heavy atom. The smallest absolute Gasteiger partial charge is 0.410 e. The highest BCUT2D eigenvalue weighted by atomic mass is 16.6. The van der Waals surface area contributed by atoms with Crippen molar-refractivity contribution in [2.75, 3.05) is 13.1 Å². The van der Waals surface area contributed by atoms with Crippen LogP contribution in [0.4, 0.5) is 9.59 Å². The molecule has 9 nitrogen and oxygen atoms in total. The van der Waals surface area contributed by atoms with Gasteiger partial charge in [0.15, 0.2) is 0 Å². The number of amides is 2. The van der Waals surface area contributed by atoms with E-state index in [0.717, 1.165) is 70.5 Å². The van der Waals surface area contributed by atoms with Gasteiger partial charge in [0, 0.05) is 29.7 Å². The molecule has 2 atom stereocenters. The molecule has 2 aromatic carbocycles. The van der Waals surface area contributed by atoms with E-state index in [-0.39, 0.29) is 24.3 Å². The van der Waals surface area contributed by atoms with E-state index < -0.39 is 11.2 Å². The summed E-state index contributed by atoms with van der Waals surface area (Å²) in [6.45, 7) is 12.7. The summed E-state index contributed by atoms with van der Waals surface area (Å²) in [5.74, 6) is 0.786. The van der Waals surface area contributed by atoms with E-state index in [9.17, 15) is 9.59 Å². The molecule has 2 aliphatic rings. The molecule has 0 aliphatic carbocycles. The molecule has 232 valence electrons. The van der Waals surface area contributed by atoms with Crippen molar-refractivity contribution in [2.24, 2.45) is 0 Å². The number of carbonyl (C=O) groups excluding carboxylic acids is 2. The predicted octanol–water partition coefficient (Wildman–Crippen LogP) is 8.37. The number of aromatic nitrogens is 3. The lowest BCUT2D eigenvalue weighted by atomic mass is 10.0. The van der Waals surface area contributed by atoms with E-state index in [0.29, 0.717) is 13.1 Å². The number of nitrogens with one attached hydrogen (secondary N) is 2. The lowest BCUT2D eigenvalue weighted by molar-refractivity contribution is 0.0210. The van der Waals surface area contributed by atoms with Crippen LogP contribution in [0.1, 0.15) is 90.8 Å². The Morgan fingerprint density at radius 3 is 1.95 bits per heavy atom. The van der Waals surface area contributed by atoms with E-state index in [1.807, 2.05) is 52.6 Å². The zero-order valence-electron chi connectivity index (χ0n) is 26.6. The molecule has 4 heterocycles. The highest BCUT2D eigenvalue weighted by Gasteiger charge is 2.35. The number of ether oxygens (including phenoxy) is 2. The van der Waals surface area contributed by atoms with Crippen LogP contribution in [0.3, 0.4) is 0 Å². The van der Waals surface area contributed by atoms with Gasteiger partial charge in [0.2, 0.25) is 0 Å². The summed E-state index contributed by atoms with van der Waals surface area (Å²) in [5, 5.41) is 1.11. The summed E-state index contributed by atoms with van der Waals surface area (Å²) in [5.41, 5.74) is 5.21. The number of imidazole rings is 1. The second kappa shape index (κ2) is 11.3. The molecule has 2 fully saturated rings. The first-order valence-electron chi connectivity index (χ1n) is 15.6. The van der Waals surface area contributed by atoms with Crippen molar-refractivity contribution in [1.82, 2.24) is 24.8 Å². The SMILES string of the molecule is CC(C)(C)OC(=O)N1CCC[C@H]1c1cc2cc(-c3ccc(-c4cnc([C@@H]5CCCN5C(=O)OC(C)(C)C)[nH]4)cc3)ccc2[nH]1. The molecule has 2 amide bonds.